The lowest BCUT2D eigenvalue weighted by Crippen LogP contribution is -2.71. The van der Waals surface area contributed by atoms with Crippen LogP contribution in [0.15, 0.2) is 36.4 Å². The number of nitrogens with one attached hydrogen (secondary N) is 1. The van der Waals surface area contributed by atoms with Crippen LogP contribution >= 0.6 is 34.8 Å². The monoisotopic (exact) mass is 537 g/mol. The second-order valence-corrected chi connectivity index (χ2v) is 11.4. The van der Waals surface area contributed by atoms with E-state index in [0.29, 0.717) is 40.9 Å². The van der Waals surface area contributed by atoms with Crippen LogP contribution in [0.2, 0.25) is 15.1 Å². The predicted octanol–water partition coefficient (Wildman–Crippen LogP) is 4.54. The first-order chi connectivity index (χ1) is 16.6. The van der Waals surface area contributed by atoms with Crippen molar-refractivity contribution in [1.82, 2.24) is 10.2 Å². The molecule has 1 aliphatic carbocycles. The summed E-state index contributed by atoms with van der Waals surface area (Å²) in [4.78, 5) is 30.1. The highest BCUT2D eigenvalue weighted by Crippen LogP contribution is 2.54. The SMILES string of the molecule is NC(=O)[C@](Cc1ccc(Cl)cc1F)(N[C@@H]1CN2CCC1CC2)C(=O)C1(c2ccc(Cl)cc2Cl)CC1. The zero-order chi connectivity index (χ0) is 25.0. The van der Waals surface area contributed by atoms with Gasteiger partial charge in [-0.15, -0.1) is 0 Å². The second-order valence-electron chi connectivity index (χ2n) is 10.1. The Morgan fingerprint density at radius 3 is 2.29 bits per heavy atom. The summed E-state index contributed by atoms with van der Waals surface area (Å²) in [5.74, 6) is -1.45. The Hall–Kier alpha value is -1.70. The molecule has 9 heteroatoms. The van der Waals surface area contributed by atoms with E-state index in [9.17, 15) is 14.0 Å². The van der Waals surface area contributed by atoms with Gasteiger partial charge in [0.1, 0.15) is 5.82 Å². The van der Waals surface area contributed by atoms with E-state index >= 15 is 0 Å². The molecule has 186 valence electrons. The highest BCUT2D eigenvalue weighted by Gasteiger charge is 2.62. The van der Waals surface area contributed by atoms with Crippen LogP contribution in [0.1, 0.15) is 36.8 Å². The molecule has 6 rings (SSSR count). The zero-order valence-corrected chi connectivity index (χ0v) is 21.4. The number of amides is 1. The van der Waals surface area contributed by atoms with E-state index in [-0.39, 0.29) is 28.8 Å². The summed E-state index contributed by atoms with van der Waals surface area (Å²) in [5, 5.41) is 4.46. The van der Waals surface area contributed by atoms with Gasteiger partial charge in [0.25, 0.3) is 0 Å². The topological polar surface area (TPSA) is 75.4 Å². The molecule has 3 aliphatic heterocycles. The average Bonchev–Trinajstić information content (AvgIpc) is 3.62. The number of benzene rings is 2. The Kier molecular flexibility index (Phi) is 6.64. The lowest BCUT2D eigenvalue weighted by Gasteiger charge is -2.48. The summed E-state index contributed by atoms with van der Waals surface area (Å²) >= 11 is 18.6. The molecule has 35 heavy (non-hydrogen) atoms. The number of nitrogens with two attached hydrogens (primary N) is 1. The molecule has 0 aromatic heterocycles. The molecule has 1 saturated carbocycles. The number of primary amides is 1. The summed E-state index contributed by atoms with van der Waals surface area (Å²) < 4.78 is 15.0. The molecule has 4 aliphatic rings. The average molecular weight is 539 g/mol. The molecular formula is C26H27Cl3FN3O2. The molecule has 1 amide bonds. The molecule has 2 aromatic carbocycles. The minimum absolute atomic E-state index is 0.110. The van der Waals surface area contributed by atoms with Gasteiger partial charge in [-0.05, 0) is 80.1 Å². The van der Waals surface area contributed by atoms with Crippen molar-refractivity contribution in [1.29, 1.82) is 0 Å². The highest BCUT2D eigenvalue weighted by atomic mass is 35.5. The van der Waals surface area contributed by atoms with Crippen LogP contribution in [0.25, 0.3) is 0 Å². The van der Waals surface area contributed by atoms with Gasteiger partial charge >= 0.3 is 0 Å². The summed E-state index contributed by atoms with van der Waals surface area (Å²) in [5.41, 5.74) is 4.07. The molecular weight excluding hydrogens is 512 g/mol. The maximum absolute atomic E-state index is 15.0. The summed E-state index contributed by atoms with van der Waals surface area (Å²) in [6.07, 6.45) is 2.79. The quantitative estimate of drug-likeness (QED) is 0.484. The standard InChI is InChI=1S/C26H27Cl3FN3O2/c27-17-3-4-19(20(29)11-17)25(7-8-25)23(34)26(24(31)35,13-16-1-2-18(28)12-21(16)30)32-22-14-33-9-5-15(22)6-10-33/h1-4,11-12,15,22,32H,5-10,13-14H2,(H2,31,35)/t22-,26-/m1/s1. The van der Waals surface area contributed by atoms with Crippen molar-refractivity contribution in [3.8, 4) is 0 Å². The van der Waals surface area contributed by atoms with Crippen molar-refractivity contribution >= 4 is 46.5 Å². The molecule has 3 saturated heterocycles. The van der Waals surface area contributed by atoms with E-state index in [1.807, 2.05) is 0 Å². The first-order valence-electron chi connectivity index (χ1n) is 11.9. The Morgan fingerprint density at radius 1 is 1.09 bits per heavy atom. The second kappa shape index (κ2) is 9.31. The lowest BCUT2D eigenvalue weighted by atomic mass is 9.73. The molecule has 3 heterocycles. The van der Waals surface area contributed by atoms with Crippen molar-refractivity contribution in [2.45, 2.75) is 49.1 Å². The number of carbonyl (C=O) groups is 2. The highest BCUT2D eigenvalue weighted by molar-refractivity contribution is 6.35. The van der Waals surface area contributed by atoms with Crippen molar-refractivity contribution in [3.05, 3.63) is 68.4 Å². The maximum Gasteiger partial charge on any atom is 0.245 e. The van der Waals surface area contributed by atoms with E-state index in [1.54, 1.807) is 24.3 Å². The number of ketones is 1. The van der Waals surface area contributed by atoms with Gasteiger partial charge in [-0.25, -0.2) is 4.39 Å². The van der Waals surface area contributed by atoms with Crippen LogP contribution in [0.4, 0.5) is 4.39 Å². The fourth-order valence-corrected chi connectivity index (χ4v) is 6.64. The van der Waals surface area contributed by atoms with Crippen LogP contribution in [0.3, 0.4) is 0 Å². The molecule has 3 N–H and O–H groups in total. The number of nitrogens with zero attached hydrogens (tertiary/aromatic N) is 1. The Bertz CT molecular complexity index is 1180. The van der Waals surface area contributed by atoms with Gasteiger partial charge in [-0.2, -0.15) is 0 Å². The van der Waals surface area contributed by atoms with Crippen LogP contribution in [-0.2, 0) is 21.4 Å². The normalized spacial score (nSPS) is 26.2. The number of halogens is 4. The van der Waals surface area contributed by atoms with Crippen molar-refractivity contribution in [3.63, 3.8) is 0 Å². The fraction of sp³-hybridized carbons (Fsp3) is 0.462. The number of carbonyl (C=O) groups excluding carboxylic acids is 2. The summed E-state index contributed by atoms with van der Waals surface area (Å²) in [6, 6.07) is 9.14. The first kappa shape index (κ1) is 25.0. The number of hydrogen-bond acceptors (Lipinski definition) is 4. The van der Waals surface area contributed by atoms with Gasteiger partial charge in [0.2, 0.25) is 5.91 Å². The first-order valence-corrected chi connectivity index (χ1v) is 13.0. The minimum atomic E-state index is -1.81. The van der Waals surface area contributed by atoms with E-state index in [2.05, 4.69) is 10.2 Å². The molecule has 5 nitrogen and oxygen atoms in total. The van der Waals surface area contributed by atoms with Gasteiger partial charge in [0.05, 0.1) is 5.41 Å². The number of rotatable bonds is 8. The van der Waals surface area contributed by atoms with E-state index < -0.39 is 22.7 Å². The van der Waals surface area contributed by atoms with Gasteiger partial charge in [-0.1, -0.05) is 46.9 Å². The van der Waals surface area contributed by atoms with Crippen LogP contribution < -0.4 is 11.1 Å². The van der Waals surface area contributed by atoms with Gasteiger partial charge in [0, 0.05) is 34.1 Å². The Morgan fingerprint density at radius 2 is 1.74 bits per heavy atom. The van der Waals surface area contributed by atoms with Crippen LogP contribution in [0.5, 0.6) is 0 Å². The zero-order valence-electron chi connectivity index (χ0n) is 19.1. The molecule has 0 unspecified atom stereocenters. The van der Waals surface area contributed by atoms with Crippen molar-refractivity contribution in [2.24, 2.45) is 11.7 Å². The van der Waals surface area contributed by atoms with E-state index in [1.165, 1.54) is 12.1 Å². The van der Waals surface area contributed by atoms with Gasteiger partial charge in [0.15, 0.2) is 11.3 Å². The lowest BCUT2D eigenvalue weighted by molar-refractivity contribution is -0.139. The minimum Gasteiger partial charge on any atom is -0.368 e. The molecule has 0 spiro atoms. The molecule has 4 fully saturated rings. The van der Waals surface area contributed by atoms with Gasteiger partial charge in [-0.3, -0.25) is 14.9 Å². The Labute approximate surface area is 219 Å². The third-order valence-corrected chi connectivity index (χ3v) is 8.78. The number of Topliss-reactive ketones (excluding diaryl/α,β-unsaturated/α-hetero) is 1. The van der Waals surface area contributed by atoms with E-state index in [0.717, 1.165) is 25.9 Å². The van der Waals surface area contributed by atoms with Crippen LogP contribution in [-0.4, -0.2) is 47.8 Å². The van der Waals surface area contributed by atoms with Crippen molar-refractivity contribution in [2.75, 3.05) is 19.6 Å². The summed E-state index contributed by atoms with van der Waals surface area (Å²) in [6.45, 7) is 2.71. The van der Waals surface area contributed by atoms with E-state index in [4.69, 9.17) is 40.5 Å². The molecule has 2 aromatic rings. The van der Waals surface area contributed by atoms with Crippen LogP contribution in [0, 0.1) is 11.7 Å². The smallest absolute Gasteiger partial charge is 0.245 e. The summed E-state index contributed by atoms with van der Waals surface area (Å²) in [7, 11) is 0. The number of fused-ring (bicyclic) bond motifs is 3. The number of hydrogen-bond donors (Lipinski definition) is 2. The molecule has 2 bridgehead atoms. The third-order valence-electron chi connectivity index (χ3n) is 8.00. The Balaban J connectivity index is 1.59. The fourth-order valence-electron chi connectivity index (χ4n) is 5.89. The predicted molar refractivity (Wildman–Crippen MR) is 136 cm³/mol. The molecule has 0 radical (unpaired) electrons. The maximum atomic E-state index is 15.0. The number of piperidine rings is 3. The molecule has 2 atom stereocenters. The van der Waals surface area contributed by atoms with Gasteiger partial charge < -0.3 is 10.6 Å². The third kappa shape index (κ3) is 4.49. The van der Waals surface area contributed by atoms with Crippen molar-refractivity contribution < 1.29 is 14.0 Å². The largest absolute Gasteiger partial charge is 0.368 e.